The van der Waals surface area contributed by atoms with Crippen molar-refractivity contribution in [2.45, 2.75) is 46.3 Å². The second kappa shape index (κ2) is 8.26. The third-order valence-electron chi connectivity index (χ3n) is 4.54. The Morgan fingerprint density at radius 1 is 1.23 bits per heavy atom. The highest BCUT2D eigenvalue weighted by Gasteiger charge is 2.25. The van der Waals surface area contributed by atoms with Crippen LogP contribution in [-0.4, -0.2) is 21.2 Å². The highest BCUT2D eigenvalue weighted by Crippen LogP contribution is 2.26. The Morgan fingerprint density at radius 2 is 1.90 bits per heavy atom. The van der Waals surface area contributed by atoms with E-state index in [0.717, 1.165) is 10.6 Å². The second-order valence-corrected chi connectivity index (χ2v) is 8.53. The van der Waals surface area contributed by atoms with Gasteiger partial charge in [0, 0.05) is 5.56 Å². The average Bonchev–Trinajstić information content (AvgIpc) is 2.65. The molecule has 0 aliphatic heterocycles. The number of halogens is 3. The van der Waals surface area contributed by atoms with Gasteiger partial charge in [0.15, 0.2) is 11.6 Å². The van der Waals surface area contributed by atoms with Gasteiger partial charge in [0.25, 0.3) is 5.56 Å². The van der Waals surface area contributed by atoms with E-state index in [0.29, 0.717) is 5.52 Å². The summed E-state index contributed by atoms with van der Waals surface area (Å²) in [5, 5.41) is 2.93. The topological polar surface area (TPSA) is 73.2 Å². The van der Waals surface area contributed by atoms with Crippen molar-refractivity contribution in [1.29, 1.82) is 0 Å². The van der Waals surface area contributed by atoms with Crippen molar-refractivity contribution >= 4 is 28.6 Å². The lowest BCUT2D eigenvalue weighted by atomic mass is 10.1. The molecule has 0 fully saturated rings. The Morgan fingerprint density at radius 3 is 2.55 bits per heavy atom. The van der Waals surface area contributed by atoms with Crippen molar-refractivity contribution in [3.63, 3.8) is 0 Å². The molecule has 1 aromatic heterocycles. The van der Waals surface area contributed by atoms with E-state index >= 15 is 0 Å². The summed E-state index contributed by atoms with van der Waals surface area (Å²) >= 11 is 6.23. The predicted molar refractivity (Wildman–Crippen MR) is 115 cm³/mol. The molecule has 0 saturated carbocycles. The van der Waals surface area contributed by atoms with Crippen LogP contribution in [0.2, 0.25) is 5.02 Å². The van der Waals surface area contributed by atoms with E-state index in [1.807, 2.05) is 0 Å². The zero-order chi connectivity index (χ0) is 23.1. The molecule has 2 aromatic carbocycles. The normalized spacial score (nSPS) is 12.6. The molecule has 1 atom stereocenters. The number of carbonyl (C=O) groups is 1. The number of nitrogens with zero attached hydrogens (tertiary/aromatic N) is 2. The van der Waals surface area contributed by atoms with Crippen LogP contribution >= 0.6 is 11.6 Å². The number of carbonyl (C=O) groups excluding carboxylic acids is 1. The third-order valence-corrected chi connectivity index (χ3v) is 4.86. The Hall–Kier alpha value is -3.00. The van der Waals surface area contributed by atoms with E-state index in [9.17, 15) is 18.4 Å². The highest BCUT2D eigenvalue weighted by molar-refractivity contribution is 6.35. The molecule has 0 aliphatic rings. The van der Waals surface area contributed by atoms with Crippen molar-refractivity contribution in [2.24, 2.45) is 0 Å². The fourth-order valence-electron chi connectivity index (χ4n) is 3.16. The Labute approximate surface area is 182 Å². The van der Waals surface area contributed by atoms with Crippen LogP contribution in [0, 0.1) is 18.6 Å². The summed E-state index contributed by atoms with van der Waals surface area (Å²) in [6, 6.07) is 6.19. The number of aromatic nitrogens is 2. The standard InChI is InChI=1S/C22H22ClF2N3O3/c1-11-16(10-9-14(24)18(11)25)28-19(12(2)26-21(30)31-22(3,4)5)27-15-8-6-7-13(23)17(15)20(28)29/h6-10,12H,1-5H3,(H,26,30)/t12-/m0/s1. The summed E-state index contributed by atoms with van der Waals surface area (Å²) in [4.78, 5) is 30.2. The quantitative estimate of drug-likeness (QED) is 0.595. The molecule has 9 heteroatoms. The van der Waals surface area contributed by atoms with Gasteiger partial charge in [-0.05, 0) is 58.9 Å². The van der Waals surface area contributed by atoms with Gasteiger partial charge >= 0.3 is 6.09 Å². The lowest BCUT2D eigenvalue weighted by molar-refractivity contribution is 0.0505. The molecule has 0 unspecified atom stereocenters. The minimum absolute atomic E-state index is 0.0824. The molecule has 1 N–H and O–H groups in total. The molecule has 0 aliphatic carbocycles. The van der Waals surface area contributed by atoms with E-state index in [2.05, 4.69) is 10.3 Å². The van der Waals surface area contributed by atoms with Gasteiger partial charge in [-0.2, -0.15) is 0 Å². The van der Waals surface area contributed by atoms with Crippen LogP contribution in [-0.2, 0) is 4.74 Å². The lowest BCUT2D eigenvalue weighted by Crippen LogP contribution is -2.37. The van der Waals surface area contributed by atoms with Crippen LogP contribution in [0.5, 0.6) is 0 Å². The SMILES string of the molecule is Cc1c(-n2c([C@H](C)NC(=O)OC(C)(C)C)nc3cccc(Cl)c3c2=O)ccc(F)c1F. The van der Waals surface area contributed by atoms with Gasteiger partial charge in [-0.3, -0.25) is 9.36 Å². The van der Waals surface area contributed by atoms with Crippen LogP contribution in [0.15, 0.2) is 35.1 Å². The molecule has 3 aromatic rings. The minimum Gasteiger partial charge on any atom is -0.444 e. The summed E-state index contributed by atoms with van der Waals surface area (Å²) in [7, 11) is 0. The minimum atomic E-state index is -1.08. The summed E-state index contributed by atoms with van der Waals surface area (Å²) in [5.41, 5.74) is -0.990. The van der Waals surface area contributed by atoms with E-state index < -0.39 is 34.9 Å². The lowest BCUT2D eigenvalue weighted by Gasteiger charge is -2.24. The zero-order valence-electron chi connectivity index (χ0n) is 17.7. The fourth-order valence-corrected chi connectivity index (χ4v) is 3.41. The molecule has 3 rings (SSSR count). The first-order valence-electron chi connectivity index (χ1n) is 9.56. The van der Waals surface area contributed by atoms with Crippen molar-refractivity contribution in [3.05, 3.63) is 68.7 Å². The van der Waals surface area contributed by atoms with Gasteiger partial charge in [0.2, 0.25) is 0 Å². The summed E-state index contributed by atoms with van der Waals surface area (Å²) in [5.74, 6) is -2.01. The first-order chi connectivity index (χ1) is 14.4. The van der Waals surface area contributed by atoms with Crippen molar-refractivity contribution in [1.82, 2.24) is 14.9 Å². The maximum Gasteiger partial charge on any atom is 0.408 e. The largest absolute Gasteiger partial charge is 0.444 e. The number of amides is 1. The molecule has 0 saturated heterocycles. The van der Waals surface area contributed by atoms with Gasteiger partial charge in [-0.25, -0.2) is 18.6 Å². The molecule has 1 amide bonds. The molecular formula is C22H22ClF2N3O3. The molecule has 164 valence electrons. The number of rotatable bonds is 3. The van der Waals surface area contributed by atoms with Crippen LogP contribution in [0.25, 0.3) is 16.6 Å². The first-order valence-corrected chi connectivity index (χ1v) is 9.94. The van der Waals surface area contributed by atoms with E-state index in [4.69, 9.17) is 16.3 Å². The number of alkyl carbamates (subject to hydrolysis) is 1. The summed E-state index contributed by atoms with van der Waals surface area (Å²) < 4.78 is 34.4. The van der Waals surface area contributed by atoms with Gasteiger partial charge < -0.3 is 10.1 Å². The van der Waals surface area contributed by atoms with Crippen LogP contribution in [0.4, 0.5) is 13.6 Å². The number of fused-ring (bicyclic) bond motifs is 1. The van der Waals surface area contributed by atoms with Gasteiger partial charge in [0.05, 0.1) is 27.7 Å². The summed E-state index contributed by atoms with van der Waals surface area (Å²) in [6.45, 7) is 8.11. The smallest absolute Gasteiger partial charge is 0.408 e. The predicted octanol–water partition coefficient (Wildman–Crippen LogP) is 5.21. The maximum atomic E-state index is 14.3. The van der Waals surface area contributed by atoms with Gasteiger partial charge in [-0.1, -0.05) is 17.7 Å². The Bertz CT molecular complexity index is 1240. The monoisotopic (exact) mass is 449 g/mol. The van der Waals surface area contributed by atoms with Crippen LogP contribution in [0.1, 0.15) is 45.1 Å². The molecule has 0 radical (unpaired) electrons. The Kier molecular flexibility index (Phi) is 6.04. The maximum absolute atomic E-state index is 14.3. The van der Waals surface area contributed by atoms with Crippen LogP contribution in [0.3, 0.4) is 0 Å². The highest BCUT2D eigenvalue weighted by atomic mass is 35.5. The molecule has 31 heavy (non-hydrogen) atoms. The molecule has 0 spiro atoms. The zero-order valence-corrected chi connectivity index (χ0v) is 18.5. The molecule has 6 nitrogen and oxygen atoms in total. The third kappa shape index (κ3) is 4.54. The van der Waals surface area contributed by atoms with Crippen molar-refractivity contribution in [2.75, 3.05) is 0 Å². The molecule has 0 bridgehead atoms. The van der Waals surface area contributed by atoms with Crippen molar-refractivity contribution in [3.8, 4) is 5.69 Å². The average molecular weight is 450 g/mol. The molecule has 1 heterocycles. The summed E-state index contributed by atoms with van der Waals surface area (Å²) in [6.07, 6.45) is -0.714. The number of nitrogens with one attached hydrogen (secondary N) is 1. The van der Waals surface area contributed by atoms with Gasteiger partial charge in [0.1, 0.15) is 11.4 Å². The van der Waals surface area contributed by atoms with E-state index in [1.165, 1.54) is 19.1 Å². The molecular weight excluding hydrogens is 428 g/mol. The second-order valence-electron chi connectivity index (χ2n) is 8.12. The van der Waals surface area contributed by atoms with E-state index in [1.54, 1.807) is 39.8 Å². The number of hydrogen-bond acceptors (Lipinski definition) is 4. The number of ether oxygens (including phenoxy) is 1. The van der Waals surface area contributed by atoms with Gasteiger partial charge in [-0.15, -0.1) is 0 Å². The Balaban J connectivity index is 2.26. The first kappa shape index (κ1) is 22.7. The van der Waals surface area contributed by atoms with Crippen LogP contribution < -0.4 is 10.9 Å². The number of benzene rings is 2. The van der Waals surface area contributed by atoms with Crippen molar-refractivity contribution < 1.29 is 18.3 Å². The van der Waals surface area contributed by atoms with E-state index in [-0.39, 0.29) is 27.5 Å². The number of hydrogen-bond donors (Lipinski definition) is 1. The fraction of sp³-hybridized carbons (Fsp3) is 0.318.